The maximum absolute atomic E-state index is 12.9. The second-order valence-corrected chi connectivity index (χ2v) is 11.1. The second-order valence-electron chi connectivity index (χ2n) is 11.1. The van der Waals surface area contributed by atoms with Crippen molar-refractivity contribution in [2.24, 2.45) is 0 Å². The lowest BCUT2D eigenvalue weighted by atomic mass is 10.0. The van der Waals surface area contributed by atoms with Crippen LogP contribution < -0.4 is 5.32 Å². The molecule has 0 spiro atoms. The summed E-state index contributed by atoms with van der Waals surface area (Å²) in [5.74, 6) is 1.14. The Morgan fingerprint density at radius 3 is 2.34 bits per heavy atom. The Balaban J connectivity index is 1.20. The molecule has 2 atom stereocenters. The van der Waals surface area contributed by atoms with Crippen molar-refractivity contribution >= 4 is 17.7 Å². The molecule has 2 aliphatic heterocycles. The fourth-order valence-corrected chi connectivity index (χ4v) is 5.04. The van der Waals surface area contributed by atoms with Crippen molar-refractivity contribution in [2.75, 3.05) is 25.1 Å². The van der Waals surface area contributed by atoms with Crippen LogP contribution in [0.2, 0.25) is 0 Å². The number of H-pyrrole nitrogens is 1. The van der Waals surface area contributed by atoms with Crippen LogP contribution in [0.15, 0.2) is 54.7 Å². The number of carbonyl (C=O) groups is 2. The molecule has 3 aromatic rings. The molecule has 0 radical (unpaired) electrons. The van der Waals surface area contributed by atoms with E-state index < -0.39 is 17.7 Å². The monoisotopic (exact) mass is 516 g/mol. The lowest BCUT2D eigenvalue weighted by molar-refractivity contribution is -0.120. The highest BCUT2D eigenvalue weighted by Gasteiger charge is 2.36. The van der Waals surface area contributed by atoms with E-state index in [1.165, 1.54) is 4.90 Å². The van der Waals surface area contributed by atoms with Crippen LogP contribution in [0.3, 0.4) is 0 Å². The van der Waals surface area contributed by atoms with Crippen LogP contribution in [0, 0.1) is 0 Å². The molecule has 38 heavy (non-hydrogen) atoms. The highest BCUT2D eigenvalue weighted by atomic mass is 16.6. The summed E-state index contributed by atoms with van der Waals surface area (Å²) in [4.78, 5) is 35.1. The van der Waals surface area contributed by atoms with Gasteiger partial charge in [-0.15, -0.1) is 0 Å². The van der Waals surface area contributed by atoms with Gasteiger partial charge in [-0.1, -0.05) is 36.4 Å². The van der Waals surface area contributed by atoms with Gasteiger partial charge in [0.1, 0.15) is 17.5 Å². The number of anilines is 1. The van der Waals surface area contributed by atoms with Crippen LogP contribution in [-0.4, -0.2) is 58.3 Å². The first-order chi connectivity index (χ1) is 18.3. The fraction of sp³-hybridized carbons (Fsp3) is 0.433. The van der Waals surface area contributed by atoms with Crippen LogP contribution >= 0.6 is 0 Å². The average molecular weight is 517 g/mol. The first kappa shape index (κ1) is 26.0. The van der Waals surface area contributed by atoms with E-state index in [1.54, 1.807) is 0 Å². The van der Waals surface area contributed by atoms with Crippen molar-refractivity contribution < 1.29 is 19.1 Å². The summed E-state index contributed by atoms with van der Waals surface area (Å²) in [5.41, 5.74) is 4.32. The highest BCUT2D eigenvalue weighted by molar-refractivity contribution is 5.97. The number of nitrogens with one attached hydrogen (secondary N) is 2. The standard InChI is InChI=1S/C30H36N4O4/c1-30(2,3)38-29(36)34-16-4-7-26(34)28(35)32-24-14-12-21(13-15-24)20-8-10-22(11-9-20)25-18-31-27(33-25)23-6-5-17-37-19-23/h8-15,18,23,26H,4-7,16-17,19H2,1-3H3,(H,31,33)(H,32,35)/t23-,26-/m0/s1. The predicted molar refractivity (Wildman–Crippen MR) is 147 cm³/mol. The number of likely N-dealkylation sites (tertiary alicyclic amines) is 1. The van der Waals surface area contributed by atoms with E-state index in [2.05, 4.69) is 39.6 Å². The summed E-state index contributed by atoms with van der Waals surface area (Å²) in [6.07, 6.45) is 5.03. The molecule has 2 saturated heterocycles. The summed E-state index contributed by atoms with van der Waals surface area (Å²) >= 11 is 0. The maximum atomic E-state index is 12.9. The summed E-state index contributed by atoms with van der Waals surface area (Å²) in [5, 5.41) is 2.96. The molecule has 0 bridgehead atoms. The molecule has 2 fully saturated rings. The first-order valence-electron chi connectivity index (χ1n) is 13.4. The number of ether oxygens (including phenoxy) is 2. The average Bonchev–Trinajstić information content (AvgIpc) is 3.60. The van der Waals surface area contributed by atoms with Crippen molar-refractivity contribution in [3.63, 3.8) is 0 Å². The number of hydrogen-bond donors (Lipinski definition) is 2. The molecule has 2 aromatic carbocycles. The molecule has 8 nitrogen and oxygen atoms in total. The number of rotatable bonds is 5. The lowest BCUT2D eigenvalue weighted by Gasteiger charge is -2.28. The number of nitrogens with zero attached hydrogens (tertiary/aromatic N) is 2. The van der Waals surface area contributed by atoms with E-state index in [-0.39, 0.29) is 5.91 Å². The van der Waals surface area contributed by atoms with Crippen molar-refractivity contribution in [3.8, 4) is 22.4 Å². The molecule has 1 aromatic heterocycles. The molecule has 0 unspecified atom stereocenters. The molecular weight excluding hydrogens is 480 g/mol. The minimum Gasteiger partial charge on any atom is -0.444 e. The molecule has 8 heteroatoms. The topological polar surface area (TPSA) is 96.6 Å². The van der Waals surface area contributed by atoms with E-state index >= 15 is 0 Å². The zero-order chi connectivity index (χ0) is 26.7. The Labute approximate surface area is 223 Å². The predicted octanol–water partition coefficient (Wildman–Crippen LogP) is 5.98. The molecule has 2 N–H and O–H groups in total. The minimum absolute atomic E-state index is 0.191. The third-order valence-corrected chi connectivity index (χ3v) is 7.01. The third kappa shape index (κ3) is 6.07. The number of carbonyl (C=O) groups excluding carboxylic acids is 2. The van der Waals surface area contributed by atoms with Gasteiger partial charge in [-0.3, -0.25) is 9.69 Å². The Morgan fingerprint density at radius 1 is 1.00 bits per heavy atom. The lowest BCUT2D eigenvalue weighted by Crippen LogP contribution is -2.45. The molecule has 200 valence electrons. The Morgan fingerprint density at radius 2 is 1.68 bits per heavy atom. The van der Waals surface area contributed by atoms with Gasteiger partial charge in [-0.25, -0.2) is 9.78 Å². The van der Waals surface area contributed by atoms with E-state index in [9.17, 15) is 9.59 Å². The molecule has 5 rings (SSSR count). The van der Waals surface area contributed by atoms with Gasteiger partial charge in [0.05, 0.1) is 18.5 Å². The van der Waals surface area contributed by atoms with Gasteiger partial charge in [0.2, 0.25) is 5.91 Å². The van der Waals surface area contributed by atoms with Crippen molar-refractivity contribution in [1.82, 2.24) is 14.9 Å². The van der Waals surface area contributed by atoms with Crippen LogP contribution in [0.1, 0.15) is 58.2 Å². The van der Waals surface area contributed by atoms with E-state index in [1.807, 2.05) is 51.2 Å². The Kier molecular flexibility index (Phi) is 7.51. The van der Waals surface area contributed by atoms with Crippen LogP contribution in [0.4, 0.5) is 10.5 Å². The Hall–Kier alpha value is -3.65. The van der Waals surface area contributed by atoms with Crippen LogP contribution in [-0.2, 0) is 14.3 Å². The number of hydrogen-bond acceptors (Lipinski definition) is 5. The zero-order valence-corrected chi connectivity index (χ0v) is 22.3. The molecule has 2 aliphatic rings. The third-order valence-electron chi connectivity index (χ3n) is 7.01. The molecule has 2 amide bonds. The van der Waals surface area contributed by atoms with E-state index in [0.717, 1.165) is 60.7 Å². The summed E-state index contributed by atoms with van der Waals surface area (Å²) in [6.45, 7) is 7.57. The van der Waals surface area contributed by atoms with Gasteiger partial charge < -0.3 is 19.8 Å². The van der Waals surface area contributed by atoms with E-state index in [4.69, 9.17) is 9.47 Å². The molecule has 0 aliphatic carbocycles. The number of aromatic amines is 1. The van der Waals surface area contributed by atoms with Crippen molar-refractivity contribution in [2.45, 2.75) is 64.0 Å². The summed E-state index contributed by atoms with van der Waals surface area (Å²) in [6, 6.07) is 15.6. The van der Waals surface area contributed by atoms with Crippen LogP contribution in [0.25, 0.3) is 22.4 Å². The second kappa shape index (κ2) is 11.0. The van der Waals surface area contributed by atoms with Gasteiger partial charge in [0, 0.05) is 24.8 Å². The van der Waals surface area contributed by atoms with Gasteiger partial charge >= 0.3 is 6.09 Å². The number of aromatic nitrogens is 2. The quantitative estimate of drug-likeness (QED) is 0.435. The largest absolute Gasteiger partial charge is 0.444 e. The van der Waals surface area contributed by atoms with Crippen LogP contribution in [0.5, 0.6) is 0 Å². The Bertz CT molecular complexity index is 1250. The smallest absolute Gasteiger partial charge is 0.410 e. The van der Waals surface area contributed by atoms with Gasteiger partial charge in [-0.05, 0) is 75.3 Å². The first-order valence-corrected chi connectivity index (χ1v) is 13.4. The molecule has 0 saturated carbocycles. The van der Waals surface area contributed by atoms with Gasteiger partial charge in [0.25, 0.3) is 0 Å². The van der Waals surface area contributed by atoms with Crippen molar-refractivity contribution in [1.29, 1.82) is 0 Å². The minimum atomic E-state index is -0.597. The zero-order valence-electron chi connectivity index (χ0n) is 22.3. The summed E-state index contributed by atoms with van der Waals surface area (Å²) < 4.78 is 11.1. The maximum Gasteiger partial charge on any atom is 0.410 e. The van der Waals surface area contributed by atoms with E-state index in [0.29, 0.717) is 24.6 Å². The molecular formula is C30H36N4O4. The van der Waals surface area contributed by atoms with Gasteiger partial charge in [0.15, 0.2) is 0 Å². The highest BCUT2D eigenvalue weighted by Crippen LogP contribution is 2.29. The SMILES string of the molecule is CC(C)(C)OC(=O)N1CCC[C@H]1C(=O)Nc1ccc(-c2ccc(-c3cnc([C@H]4CCCOC4)[nH]3)cc2)cc1. The number of amides is 2. The molecule has 3 heterocycles. The fourth-order valence-electron chi connectivity index (χ4n) is 5.04. The van der Waals surface area contributed by atoms with Crippen molar-refractivity contribution in [3.05, 3.63) is 60.6 Å². The summed E-state index contributed by atoms with van der Waals surface area (Å²) in [7, 11) is 0. The number of benzene rings is 2. The normalized spacial score (nSPS) is 19.8. The van der Waals surface area contributed by atoms with Gasteiger partial charge in [-0.2, -0.15) is 0 Å². The number of imidazole rings is 1.